The Morgan fingerprint density at radius 3 is 2.37 bits per heavy atom. The smallest absolute Gasteiger partial charge is 0.318 e. The average Bonchev–Trinajstić information content (AvgIpc) is 3.45. The first kappa shape index (κ1) is 24.0. The first-order chi connectivity index (χ1) is 18.6. The predicted molar refractivity (Wildman–Crippen MR) is 145 cm³/mol. The van der Waals surface area contributed by atoms with Crippen LogP contribution in [0.3, 0.4) is 0 Å². The number of hydrogen-bond acceptors (Lipinski definition) is 6. The van der Waals surface area contributed by atoms with E-state index in [1.54, 1.807) is 4.57 Å². The van der Waals surface area contributed by atoms with Crippen molar-refractivity contribution in [2.24, 2.45) is 5.92 Å². The summed E-state index contributed by atoms with van der Waals surface area (Å²) in [7, 11) is 0. The average molecular weight is 511 g/mol. The SMILES string of the molecule is CCCc1nc2c(c(=O)n(CC)c(=O)n2CC2CC2)n1Cc1ccc(-c2ccccc2-c2nn[nH]n2)cc1. The fourth-order valence-corrected chi connectivity index (χ4v) is 5.10. The van der Waals surface area contributed by atoms with Crippen LogP contribution in [0.15, 0.2) is 58.1 Å². The van der Waals surface area contributed by atoms with E-state index in [0.29, 0.717) is 42.5 Å². The summed E-state index contributed by atoms with van der Waals surface area (Å²) >= 11 is 0. The van der Waals surface area contributed by atoms with Crippen molar-refractivity contribution in [2.45, 2.75) is 59.2 Å². The van der Waals surface area contributed by atoms with Crippen LogP contribution in [0.2, 0.25) is 0 Å². The zero-order valence-corrected chi connectivity index (χ0v) is 21.6. The first-order valence-electron chi connectivity index (χ1n) is 13.2. The molecule has 38 heavy (non-hydrogen) atoms. The van der Waals surface area contributed by atoms with E-state index in [1.807, 2.05) is 35.8 Å². The molecule has 0 spiro atoms. The summed E-state index contributed by atoms with van der Waals surface area (Å²) in [6.07, 6.45) is 3.85. The highest BCUT2D eigenvalue weighted by Gasteiger charge is 2.27. The summed E-state index contributed by atoms with van der Waals surface area (Å²) in [4.78, 5) is 31.6. The van der Waals surface area contributed by atoms with Gasteiger partial charge in [-0.1, -0.05) is 55.5 Å². The quantitative estimate of drug-likeness (QED) is 0.324. The van der Waals surface area contributed by atoms with Gasteiger partial charge in [-0.15, -0.1) is 10.2 Å². The summed E-state index contributed by atoms with van der Waals surface area (Å²) < 4.78 is 5.08. The lowest BCUT2D eigenvalue weighted by atomic mass is 9.98. The number of fused-ring (bicyclic) bond motifs is 1. The molecule has 0 radical (unpaired) electrons. The Morgan fingerprint density at radius 1 is 0.947 bits per heavy atom. The zero-order valence-electron chi connectivity index (χ0n) is 21.6. The van der Waals surface area contributed by atoms with Crippen LogP contribution in [-0.4, -0.2) is 39.3 Å². The van der Waals surface area contributed by atoms with Gasteiger partial charge in [-0.3, -0.25) is 13.9 Å². The van der Waals surface area contributed by atoms with Gasteiger partial charge in [0, 0.05) is 31.6 Å². The normalized spacial score (nSPS) is 13.4. The Labute approximate surface area is 219 Å². The molecule has 1 fully saturated rings. The van der Waals surface area contributed by atoms with Crippen LogP contribution in [0.25, 0.3) is 33.7 Å². The molecule has 10 heteroatoms. The molecule has 1 saturated carbocycles. The maximum atomic E-state index is 13.5. The van der Waals surface area contributed by atoms with Crippen LogP contribution >= 0.6 is 0 Å². The van der Waals surface area contributed by atoms with E-state index >= 15 is 0 Å². The van der Waals surface area contributed by atoms with Crippen molar-refractivity contribution in [3.05, 3.63) is 80.8 Å². The highest BCUT2D eigenvalue weighted by atomic mass is 16.2. The Morgan fingerprint density at radius 2 is 1.71 bits per heavy atom. The third-order valence-electron chi connectivity index (χ3n) is 7.24. The number of aromatic nitrogens is 8. The fraction of sp³-hybridized carbons (Fsp3) is 0.357. The summed E-state index contributed by atoms with van der Waals surface area (Å²) in [5, 5.41) is 14.5. The van der Waals surface area contributed by atoms with Gasteiger partial charge in [0.25, 0.3) is 5.56 Å². The highest BCUT2D eigenvalue weighted by Crippen LogP contribution is 2.32. The molecule has 0 atom stereocenters. The minimum Gasteiger partial charge on any atom is -0.318 e. The Balaban J connectivity index is 1.42. The molecule has 1 N–H and O–H groups in total. The first-order valence-corrected chi connectivity index (χ1v) is 13.2. The molecular weight excluding hydrogens is 480 g/mol. The molecule has 5 aromatic rings. The van der Waals surface area contributed by atoms with Gasteiger partial charge < -0.3 is 4.57 Å². The van der Waals surface area contributed by atoms with Gasteiger partial charge in [0.05, 0.1) is 0 Å². The van der Waals surface area contributed by atoms with Crippen molar-refractivity contribution < 1.29 is 0 Å². The lowest BCUT2D eigenvalue weighted by Gasteiger charge is -2.13. The van der Waals surface area contributed by atoms with Crippen molar-refractivity contribution in [1.82, 2.24) is 39.3 Å². The fourth-order valence-electron chi connectivity index (χ4n) is 5.10. The molecule has 0 bridgehead atoms. The molecule has 194 valence electrons. The van der Waals surface area contributed by atoms with Crippen molar-refractivity contribution in [3.8, 4) is 22.5 Å². The Kier molecular flexibility index (Phi) is 6.22. The molecule has 0 amide bonds. The maximum Gasteiger partial charge on any atom is 0.332 e. The minimum atomic E-state index is -0.264. The van der Waals surface area contributed by atoms with Crippen LogP contribution in [0.1, 0.15) is 44.5 Å². The second-order valence-corrected chi connectivity index (χ2v) is 9.90. The van der Waals surface area contributed by atoms with Gasteiger partial charge in [0.15, 0.2) is 11.2 Å². The van der Waals surface area contributed by atoms with Gasteiger partial charge in [0.1, 0.15) is 5.82 Å². The molecule has 3 heterocycles. The third-order valence-corrected chi connectivity index (χ3v) is 7.24. The molecular formula is C28H30N8O2. The number of hydrogen-bond donors (Lipinski definition) is 1. The van der Waals surface area contributed by atoms with Crippen LogP contribution in [0, 0.1) is 5.92 Å². The van der Waals surface area contributed by atoms with E-state index in [1.165, 1.54) is 4.57 Å². The van der Waals surface area contributed by atoms with Gasteiger partial charge in [-0.2, -0.15) is 5.21 Å². The van der Waals surface area contributed by atoms with Crippen molar-refractivity contribution in [1.29, 1.82) is 0 Å². The maximum absolute atomic E-state index is 13.5. The van der Waals surface area contributed by atoms with E-state index < -0.39 is 0 Å². The number of aryl methyl sites for hydroxylation is 1. The highest BCUT2D eigenvalue weighted by molar-refractivity contribution is 5.80. The third kappa shape index (κ3) is 4.25. The van der Waals surface area contributed by atoms with E-state index in [0.717, 1.165) is 53.8 Å². The molecule has 1 aliphatic rings. The second-order valence-electron chi connectivity index (χ2n) is 9.90. The zero-order chi connectivity index (χ0) is 26.2. The summed E-state index contributed by atoms with van der Waals surface area (Å²) in [6, 6.07) is 16.2. The topological polar surface area (TPSA) is 116 Å². The van der Waals surface area contributed by atoms with Gasteiger partial charge >= 0.3 is 5.69 Å². The number of H-pyrrole nitrogens is 1. The molecule has 10 nitrogen and oxygen atoms in total. The van der Waals surface area contributed by atoms with E-state index in [9.17, 15) is 9.59 Å². The van der Waals surface area contributed by atoms with Gasteiger partial charge in [0.2, 0.25) is 5.82 Å². The van der Waals surface area contributed by atoms with Gasteiger partial charge in [-0.25, -0.2) is 9.78 Å². The van der Waals surface area contributed by atoms with Crippen molar-refractivity contribution in [3.63, 3.8) is 0 Å². The second kappa shape index (κ2) is 9.85. The number of imidazole rings is 1. The number of nitrogens with zero attached hydrogens (tertiary/aromatic N) is 7. The monoisotopic (exact) mass is 510 g/mol. The number of rotatable bonds is 9. The molecule has 0 saturated heterocycles. The van der Waals surface area contributed by atoms with E-state index in [2.05, 4.69) is 51.8 Å². The lowest BCUT2D eigenvalue weighted by Crippen LogP contribution is -2.40. The Bertz CT molecular complexity index is 1710. The molecule has 1 aliphatic carbocycles. The van der Waals surface area contributed by atoms with E-state index in [4.69, 9.17) is 4.98 Å². The summed E-state index contributed by atoms with van der Waals surface area (Å²) in [6.45, 7) is 5.39. The Hall–Kier alpha value is -4.34. The number of aromatic amines is 1. The number of tetrazole rings is 1. The molecule has 0 aliphatic heterocycles. The standard InChI is InChI=1S/C28H30N8O2/c1-3-7-23-29-26-24(27(37)34(4-2)28(38)36(26)17-18-10-11-18)35(23)16-19-12-14-20(15-13-19)21-8-5-6-9-22(21)25-30-32-33-31-25/h5-6,8-9,12-15,18H,3-4,7,10-11,16-17H2,1-2H3,(H,30,31,32,33). The minimum absolute atomic E-state index is 0.255. The molecule has 3 aromatic heterocycles. The molecule has 0 unspecified atom stereocenters. The number of nitrogens with one attached hydrogen (secondary N) is 1. The van der Waals surface area contributed by atoms with E-state index in [-0.39, 0.29) is 11.2 Å². The lowest BCUT2D eigenvalue weighted by molar-refractivity contribution is 0.554. The summed E-state index contributed by atoms with van der Waals surface area (Å²) in [5.74, 6) is 1.87. The van der Waals surface area contributed by atoms with Crippen LogP contribution < -0.4 is 11.2 Å². The van der Waals surface area contributed by atoms with Crippen LogP contribution in [0.5, 0.6) is 0 Å². The van der Waals surface area contributed by atoms with Crippen LogP contribution in [0.4, 0.5) is 0 Å². The van der Waals surface area contributed by atoms with Crippen LogP contribution in [-0.2, 0) is 26.1 Å². The predicted octanol–water partition coefficient (Wildman–Crippen LogP) is 3.64. The van der Waals surface area contributed by atoms with Crippen molar-refractivity contribution in [2.75, 3.05) is 0 Å². The largest absolute Gasteiger partial charge is 0.332 e. The van der Waals surface area contributed by atoms with Crippen molar-refractivity contribution >= 4 is 11.2 Å². The summed E-state index contributed by atoms with van der Waals surface area (Å²) in [5.41, 5.74) is 4.50. The molecule has 6 rings (SSSR count). The van der Waals surface area contributed by atoms with Gasteiger partial charge in [-0.05, 0) is 54.0 Å². The molecule has 2 aromatic carbocycles. The number of benzene rings is 2.